The average Bonchev–Trinajstić information content (AvgIpc) is 3.44. The first-order valence-corrected chi connectivity index (χ1v) is 14.2. The van der Waals surface area contributed by atoms with Crippen LogP contribution in [0, 0.1) is 3.57 Å². The van der Waals surface area contributed by atoms with Crippen LogP contribution in [0.15, 0.2) is 59.6 Å². The van der Waals surface area contributed by atoms with Crippen molar-refractivity contribution in [3.05, 3.63) is 68.3 Å². The summed E-state index contributed by atoms with van der Waals surface area (Å²) in [7, 11) is -4.32. The van der Waals surface area contributed by atoms with Gasteiger partial charge < -0.3 is 10.4 Å². The quantitative estimate of drug-likeness (QED) is 0.279. The van der Waals surface area contributed by atoms with Gasteiger partial charge in [-0.1, -0.05) is 23.2 Å². The van der Waals surface area contributed by atoms with Gasteiger partial charge in [0.25, 0.3) is 10.0 Å². The molecule has 0 spiro atoms. The molecule has 15 heteroatoms. The molecule has 1 aliphatic rings. The molecule has 0 radical (unpaired) electrons. The van der Waals surface area contributed by atoms with Crippen LogP contribution >= 0.6 is 45.8 Å². The molecule has 0 bridgehead atoms. The van der Waals surface area contributed by atoms with E-state index in [1.54, 1.807) is 35.0 Å². The second kappa shape index (κ2) is 10.2. The Morgan fingerprint density at radius 1 is 1.08 bits per heavy atom. The molecular weight excluding hydrogens is 670 g/mol. The summed E-state index contributed by atoms with van der Waals surface area (Å²) in [6, 6.07) is 11.8. The van der Waals surface area contributed by atoms with Crippen molar-refractivity contribution in [3.63, 3.8) is 0 Å². The van der Waals surface area contributed by atoms with Gasteiger partial charge in [0.15, 0.2) is 11.6 Å². The van der Waals surface area contributed by atoms with Crippen LogP contribution in [-0.2, 0) is 14.8 Å². The third-order valence-corrected chi connectivity index (χ3v) is 8.79. The van der Waals surface area contributed by atoms with E-state index in [-0.39, 0.29) is 26.7 Å². The summed E-state index contributed by atoms with van der Waals surface area (Å²) in [6.45, 7) is 0.216. The van der Waals surface area contributed by atoms with Gasteiger partial charge in [0.2, 0.25) is 0 Å². The Morgan fingerprint density at radius 2 is 1.76 bits per heavy atom. The first-order chi connectivity index (χ1) is 18.0. The van der Waals surface area contributed by atoms with Crippen molar-refractivity contribution in [2.24, 2.45) is 0 Å². The molecule has 0 unspecified atom stereocenters. The minimum atomic E-state index is -4.32. The number of hydrogen-bond donors (Lipinski definition) is 2. The fourth-order valence-electron chi connectivity index (χ4n) is 4.05. The topological polar surface area (TPSA) is 138 Å². The number of aliphatic carboxylic acids is 1. The zero-order valence-corrected chi connectivity index (χ0v) is 23.7. The molecular formula is C23H17Cl2IN6O5S. The number of aromatic nitrogens is 3. The molecule has 4 aromatic rings. The SMILES string of the molecule is O=C(O)CN(c1ccc2c(c1)c(I)cn2-c1ccc(N2CCNC2=O)nn1)S(=O)(=O)c1cc(Cl)cc(Cl)c1. The number of carboxylic acids is 1. The second-order valence-electron chi connectivity index (χ2n) is 8.19. The van der Waals surface area contributed by atoms with Gasteiger partial charge in [-0.25, -0.2) is 13.2 Å². The number of rotatable bonds is 7. The zero-order chi connectivity index (χ0) is 27.2. The number of benzene rings is 2. The Labute approximate surface area is 240 Å². The maximum atomic E-state index is 13.5. The van der Waals surface area contributed by atoms with Gasteiger partial charge >= 0.3 is 12.0 Å². The van der Waals surface area contributed by atoms with Crippen LogP contribution < -0.4 is 14.5 Å². The average molecular weight is 687 g/mol. The van der Waals surface area contributed by atoms with Crippen molar-refractivity contribution in [2.45, 2.75) is 4.90 Å². The smallest absolute Gasteiger partial charge is 0.324 e. The lowest BCUT2D eigenvalue weighted by atomic mass is 10.2. The molecule has 0 saturated carbocycles. The number of urea groups is 1. The highest BCUT2D eigenvalue weighted by molar-refractivity contribution is 14.1. The molecule has 2 N–H and O–H groups in total. The van der Waals surface area contributed by atoms with Gasteiger partial charge in [0.1, 0.15) is 6.54 Å². The normalized spacial score (nSPS) is 13.7. The summed E-state index contributed by atoms with van der Waals surface area (Å²) in [5.41, 5.74) is 0.839. The number of sulfonamides is 1. The van der Waals surface area contributed by atoms with Crippen LogP contribution in [0.25, 0.3) is 16.7 Å². The molecule has 196 valence electrons. The van der Waals surface area contributed by atoms with E-state index < -0.39 is 22.5 Å². The molecule has 1 saturated heterocycles. The summed E-state index contributed by atoms with van der Waals surface area (Å²) < 4.78 is 30.3. The zero-order valence-electron chi connectivity index (χ0n) is 19.2. The fraction of sp³-hybridized carbons (Fsp3) is 0.130. The molecule has 3 heterocycles. The number of fused-ring (bicyclic) bond motifs is 1. The third kappa shape index (κ3) is 4.98. The van der Waals surface area contributed by atoms with Crippen LogP contribution in [0.5, 0.6) is 0 Å². The highest BCUT2D eigenvalue weighted by atomic mass is 127. The molecule has 0 atom stereocenters. The van der Waals surface area contributed by atoms with E-state index in [1.165, 1.54) is 29.2 Å². The first-order valence-electron chi connectivity index (χ1n) is 11.0. The number of carbonyl (C=O) groups excluding carboxylic acids is 1. The number of anilines is 2. The summed E-state index contributed by atoms with van der Waals surface area (Å²) in [5, 5.41) is 21.5. The van der Waals surface area contributed by atoms with Crippen molar-refractivity contribution in [2.75, 3.05) is 28.8 Å². The van der Waals surface area contributed by atoms with Crippen LogP contribution in [0.2, 0.25) is 10.0 Å². The Morgan fingerprint density at radius 3 is 2.37 bits per heavy atom. The maximum absolute atomic E-state index is 13.5. The minimum absolute atomic E-state index is 0.103. The lowest BCUT2D eigenvalue weighted by Crippen LogP contribution is -2.35. The monoisotopic (exact) mass is 686 g/mol. The van der Waals surface area contributed by atoms with E-state index in [2.05, 4.69) is 38.1 Å². The summed E-state index contributed by atoms with van der Waals surface area (Å²) in [6.07, 6.45) is 1.80. The highest BCUT2D eigenvalue weighted by Crippen LogP contribution is 2.33. The summed E-state index contributed by atoms with van der Waals surface area (Å²) in [5.74, 6) is -0.429. The predicted molar refractivity (Wildman–Crippen MR) is 151 cm³/mol. The van der Waals surface area contributed by atoms with Gasteiger partial charge in [-0.15, -0.1) is 10.2 Å². The fourth-order valence-corrected chi connectivity index (χ4v) is 6.89. The number of halogens is 3. The highest BCUT2D eigenvalue weighted by Gasteiger charge is 2.29. The molecule has 2 aromatic carbocycles. The van der Waals surface area contributed by atoms with Crippen molar-refractivity contribution < 1.29 is 23.1 Å². The first kappa shape index (κ1) is 26.5. The van der Waals surface area contributed by atoms with Crippen molar-refractivity contribution in [3.8, 4) is 5.82 Å². The third-order valence-electron chi connectivity index (χ3n) is 5.75. The molecule has 38 heavy (non-hydrogen) atoms. The number of nitrogens with zero attached hydrogens (tertiary/aromatic N) is 5. The second-order valence-corrected chi connectivity index (χ2v) is 12.1. The van der Waals surface area contributed by atoms with Crippen LogP contribution in [0.3, 0.4) is 0 Å². The lowest BCUT2D eigenvalue weighted by Gasteiger charge is -2.23. The van der Waals surface area contributed by atoms with Crippen molar-refractivity contribution in [1.29, 1.82) is 0 Å². The number of carboxylic acid groups (broad SMARTS) is 1. The number of nitrogens with one attached hydrogen (secondary N) is 1. The Hall–Kier alpha value is -3.14. The summed E-state index contributed by atoms with van der Waals surface area (Å²) in [4.78, 5) is 24.8. The van der Waals surface area contributed by atoms with Crippen LogP contribution in [0.1, 0.15) is 0 Å². The van der Waals surface area contributed by atoms with Crippen molar-refractivity contribution >= 4 is 90.2 Å². The van der Waals surface area contributed by atoms with E-state index in [1.807, 2.05) is 0 Å². The van der Waals surface area contributed by atoms with E-state index in [4.69, 9.17) is 23.2 Å². The molecule has 2 aromatic heterocycles. The van der Waals surface area contributed by atoms with Gasteiger partial charge in [-0.2, -0.15) is 0 Å². The molecule has 0 aliphatic carbocycles. The Balaban J connectivity index is 1.55. The predicted octanol–water partition coefficient (Wildman–Crippen LogP) is 4.14. The minimum Gasteiger partial charge on any atom is -0.480 e. The lowest BCUT2D eigenvalue weighted by molar-refractivity contribution is -0.135. The van der Waals surface area contributed by atoms with Crippen molar-refractivity contribution in [1.82, 2.24) is 20.1 Å². The van der Waals surface area contributed by atoms with E-state index in [9.17, 15) is 23.1 Å². The summed E-state index contributed by atoms with van der Waals surface area (Å²) >= 11 is 14.1. The number of hydrogen-bond acceptors (Lipinski definition) is 6. The van der Waals surface area contributed by atoms with E-state index in [0.29, 0.717) is 35.6 Å². The van der Waals surface area contributed by atoms with Gasteiger partial charge in [-0.05, 0) is 71.1 Å². The van der Waals surface area contributed by atoms with Gasteiger partial charge in [-0.3, -0.25) is 18.6 Å². The van der Waals surface area contributed by atoms with E-state index in [0.717, 1.165) is 7.88 Å². The molecule has 1 fully saturated rings. The molecule has 5 rings (SSSR count). The van der Waals surface area contributed by atoms with Gasteiger partial charge in [0.05, 0.1) is 16.1 Å². The standard InChI is InChI=1S/C23H17Cl2IN6O5S/c24-13-7-14(25)9-16(8-13)38(36,37)32(12-22(33)34)15-1-2-19-17(10-15)18(26)11-31(19)21-4-3-20(28-29-21)30-6-5-27-23(30)35/h1-4,7-11H,5-6,12H2,(H,27,35)(H,33,34). The molecule has 1 aliphatic heterocycles. The largest absolute Gasteiger partial charge is 0.480 e. The van der Waals surface area contributed by atoms with Gasteiger partial charge in [0, 0.05) is 38.3 Å². The Bertz CT molecular complexity index is 1680. The molecule has 11 nitrogen and oxygen atoms in total. The molecule has 2 amide bonds. The van der Waals surface area contributed by atoms with Crippen LogP contribution in [0.4, 0.5) is 16.3 Å². The number of amides is 2. The number of carbonyl (C=O) groups is 2. The van der Waals surface area contributed by atoms with Crippen LogP contribution in [-0.4, -0.2) is 59.9 Å². The Kier molecular flexibility index (Phi) is 7.11. The van der Waals surface area contributed by atoms with E-state index >= 15 is 0 Å². The maximum Gasteiger partial charge on any atom is 0.324 e.